The van der Waals surface area contributed by atoms with Gasteiger partial charge in [0.05, 0.1) is 36.5 Å². The summed E-state index contributed by atoms with van der Waals surface area (Å²) in [5, 5.41) is 3.90. The Labute approximate surface area is 138 Å². The van der Waals surface area contributed by atoms with Crippen molar-refractivity contribution >= 4 is 16.9 Å². The highest BCUT2D eigenvalue weighted by Crippen LogP contribution is 2.17. The third kappa shape index (κ3) is 2.67. The number of hydrogen-bond acceptors (Lipinski definition) is 6. The van der Waals surface area contributed by atoms with Crippen molar-refractivity contribution in [1.29, 1.82) is 0 Å². The van der Waals surface area contributed by atoms with Crippen LogP contribution in [0.1, 0.15) is 11.5 Å². The molecule has 1 aromatic carbocycles. The van der Waals surface area contributed by atoms with Crippen molar-refractivity contribution in [3.8, 4) is 0 Å². The minimum absolute atomic E-state index is 0.121. The molecule has 0 amide bonds. The fourth-order valence-corrected chi connectivity index (χ4v) is 2.96. The van der Waals surface area contributed by atoms with Gasteiger partial charge >= 0.3 is 0 Å². The minimum atomic E-state index is -0.121. The monoisotopic (exact) mass is 326 g/mol. The smallest absolute Gasteiger partial charge is 0.294 e. The highest BCUT2D eigenvalue weighted by atomic mass is 16.5. The normalized spacial score (nSPS) is 15.1. The first kappa shape index (κ1) is 14.9. The van der Waals surface area contributed by atoms with E-state index < -0.39 is 0 Å². The van der Waals surface area contributed by atoms with E-state index in [2.05, 4.69) is 10.1 Å². The second kappa shape index (κ2) is 6.09. The summed E-state index contributed by atoms with van der Waals surface area (Å²) in [6.45, 7) is 4.74. The molecule has 0 atom stereocenters. The molecule has 0 bridgehead atoms. The van der Waals surface area contributed by atoms with Crippen molar-refractivity contribution in [2.45, 2.75) is 13.5 Å². The quantitative estimate of drug-likeness (QED) is 0.727. The van der Waals surface area contributed by atoms with E-state index in [9.17, 15) is 4.79 Å². The average molecular weight is 326 g/mol. The number of nitrogens with zero attached hydrogens (tertiary/aromatic N) is 4. The second-order valence-electron chi connectivity index (χ2n) is 5.85. The van der Waals surface area contributed by atoms with Crippen molar-refractivity contribution in [3.05, 3.63) is 52.1 Å². The maximum Gasteiger partial charge on any atom is 0.294 e. The van der Waals surface area contributed by atoms with Crippen LogP contribution in [0.15, 0.2) is 39.6 Å². The van der Waals surface area contributed by atoms with Gasteiger partial charge in [0.2, 0.25) is 0 Å². The van der Waals surface area contributed by atoms with Crippen LogP contribution in [-0.2, 0) is 11.3 Å². The summed E-state index contributed by atoms with van der Waals surface area (Å²) < 4.78 is 12.4. The molecule has 0 saturated carbocycles. The lowest BCUT2D eigenvalue weighted by Crippen LogP contribution is -2.41. The van der Waals surface area contributed by atoms with Gasteiger partial charge in [-0.25, -0.2) is 4.98 Å². The maximum absolute atomic E-state index is 13.0. The molecule has 0 radical (unpaired) electrons. The van der Waals surface area contributed by atoms with Crippen LogP contribution in [0.2, 0.25) is 0 Å². The topological polar surface area (TPSA) is 73.4 Å². The molecule has 1 fully saturated rings. The molecule has 0 spiro atoms. The van der Waals surface area contributed by atoms with Crippen LogP contribution in [0, 0.1) is 6.92 Å². The molecular weight excluding hydrogens is 308 g/mol. The van der Waals surface area contributed by atoms with E-state index in [1.807, 2.05) is 42.2 Å². The largest absolute Gasteiger partial charge is 0.378 e. The van der Waals surface area contributed by atoms with E-state index in [0.29, 0.717) is 44.4 Å². The molecule has 7 nitrogen and oxygen atoms in total. The number of ether oxygens (including phenoxy) is 1. The Balaban J connectivity index is 1.85. The number of anilines is 1. The van der Waals surface area contributed by atoms with E-state index in [4.69, 9.17) is 9.26 Å². The van der Waals surface area contributed by atoms with Crippen molar-refractivity contribution in [2.24, 2.45) is 0 Å². The highest BCUT2D eigenvalue weighted by Gasteiger charge is 2.20. The number of para-hydroxylation sites is 2. The summed E-state index contributed by atoms with van der Waals surface area (Å²) >= 11 is 0. The standard InChI is InChI=1S/C17H18N4O3/c1-12-10-13(24-19-12)11-21-15-5-3-2-4-14(15)18-16(17(21)22)20-6-8-23-9-7-20/h2-5,10H,6-9,11H2,1H3. The van der Waals surface area contributed by atoms with E-state index >= 15 is 0 Å². The molecule has 124 valence electrons. The summed E-state index contributed by atoms with van der Waals surface area (Å²) in [5.41, 5.74) is 2.25. The first-order valence-electron chi connectivity index (χ1n) is 7.97. The summed E-state index contributed by atoms with van der Waals surface area (Å²) in [5.74, 6) is 1.12. The third-order valence-corrected chi connectivity index (χ3v) is 4.14. The van der Waals surface area contributed by atoms with Gasteiger partial charge in [-0.2, -0.15) is 0 Å². The van der Waals surface area contributed by atoms with Crippen LogP contribution < -0.4 is 10.5 Å². The average Bonchev–Trinajstić information content (AvgIpc) is 3.03. The molecule has 1 aliphatic rings. The fourth-order valence-electron chi connectivity index (χ4n) is 2.96. The van der Waals surface area contributed by atoms with E-state index in [1.54, 1.807) is 4.57 Å². The Hall–Kier alpha value is -2.67. The van der Waals surface area contributed by atoms with Crippen LogP contribution in [-0.4, -0.2) is 41.0 Å². The molecule has 1 saturated heterocycles. The number of benzene rings is 1. The summed E-state index contributed by atoms with van der Waals surface area (Å²) in [6, 6.07) is 9.48. The zero-order chi connectivity index (χ0) is 16.5. The van der Waals surface area contributed by atoms with E-state index in [1.165, 1.54) is 0 Å². The van der Waals surface area contributed by atoms with Crippen molar-refractivity contribution in [2.75, 3.05) is 31.2 Å². The molecule has 1 aliphatic heterocycles. The first-order chi connectivity index (χ1) is 11.7. The zero-order valence-electron chi connectivity index (χ0n) is 13.4. The van der Waals surface area contributed by atoms with Gasteiger partial charge in [-0.15, -0.1) is 0 Å². The van der Waals surface area contributed by atoms with Crippen molar-refractivity contribution < 1.29 is 9.26 Å². The Bertz CT molecular complexity index is 925. The maximum atomic E-state index is 13.0. The number of morpholine rings is 1. The Morgan fingerprint density at radius 3 is 2.75 bits per heavy atom. The fraction of sp³-hybridized carbons (Fsp3) is 0.353. The van der Waals surface area contributed by atoms with Crippen molar-refractivity contribution in [3.63, 3.8) is 0 Å². The number of aryl methyl sites for hydroxylation is 1. The third-order valence-electron chi connectivity index (χ3n) is 4.14. The molecule has 3 heterocycles. The van der Waals surface area contributed by atoms with E-state index in [0.717, 1.165) is 16.7 Å². The molecule has 4 rings (SSSR count). The van der Waals surface area contributed by atoms with Crippen LogP contribution in [0.5, 0.6) is 0 Å². The number of hydrogen-bond donors (Lipinski definition) is 0. The minimum Gasteiger partial charge on any atom is -0.378 e. The highest BCUT2D eigenvalue weighted by molar-refractivity contribution is 5.76. The van der Waals surface area contributed by atoms with Gasteiger partial charge in [-0.05, 0) is 19.1 Å². The first-order valence-corrected chi connectivity index (χ1v) is 7.97. The SMILES string of the molecule is Cc1cc(Cn2c(=O)c(N3CCOCC3)nc3ccccc32)on1. The molecule has 3 aromatic rings. The van der Waals surface area contributed by atoms with Crippen LogP contribution in [0.3, 0.4) is 0 Å². The molecule has 0 aliphatic carbocycles. The van der Waals surface area contributed by atoms with Gasteiger partial charge in [0.25, 0.3) is 5.56 Å². The molecule has 0 unspecified atom stereocenters. The van der Waals surface area contributed by atoms with Gasteiger partial charge in [0.1, 0.15) is 0 Å². The van der Waals surface area contributed by atoms with Crippen LogP contribution >= 0.6 is 0 Å². The predicted molar refractivity (Wildman–Crippen MR) is 89.4 cm³/mol. The lowest BCUT2D eigenvalue weighted by molar-refractivity contribution is 0.122. The van der Waals surface area contributed by atoms with Crippen molar-refractivity contribution in [1.82, 2.24) is 14.7 Å². The zero-order valence-corrected chi connectivity index (χ0v) is 13.4. The summed E-state index contributed by atoms with van der Waals surface area (Å²) in [7, 11) is 0. The molecular formula is C17H18N4O3. The number of fused-ring (bicyclic) bond motifs is 1. The van der Waals surface area contributed by atoms with Crippen LogP contribution in [0.25, 0.3) is 11.0 Å². The lowest BCUT2D eigenvalue weighted by atomic mass is 10.2. The molecule has 7 heteroatoms. The Morgan fingerprint density at radius 1 is 1.21 bits per heavy atom. The molecule has 2 aromatic heterocycles. The summed E-state index contributed by atoms with van der Waals surface area (Å²) in [4.78, 5) is 19.6. The molecule has 0 N–H and O–H groups in total. The summed E-state index contributed by atoms with van der Waals surface area (Å²) in [6.07, 6.45) is 0. The van der Waals surface area contributed by atoms with Gasteiger partial charge in [0.15, 0.2) is 11.6 Å². The van der Waals surface area contributed by atoms with Gasteiger partial charge in [-0.1, -0.05) is 17.3 Å². The second-order valence-corrected chi connectivity index (χ2v) is 5.85. The Morgan fingerprint density at radius 2 is 2.00 bits per heavy atom. The lowest BCUT2D eigenvalue weighted by Gasteiger charge is -2.27. The van der Waals surface area contributed by atoms with E-state index in [-0.39, 0.29) is 5.56 Å². The van der Waals surface area contributed by atoms with Gasteiger partial charge in [-0.3, -0.25) is 9.36 Å². The van der Waals surface area contributed by atoms with Gasteiger partial charge in [0, 0.05) is 19.2 Å². The predicted octanol–water partition coefficient (Wildman–Crippen LogP) is 1.58. The van der Waals surface area contributed by atoms with Crippen LogP contribution in [0.4, 0.5) is 5.82 Å². The number of aromatic nitrogens is 3. The molecule has 24 heavy (non-hydrogen) atoms. The Kier molecular flexibility index (Phi) is 3.78. The van der Waals surface area contributed by atoms with Gasteiger partial charge < -0.3 is 14.2 Å². The number of rotatable bonds is 3.